The average molecular weight is 874 g/mol. The molecular weight excluding hydrogens is 815 g/mol. The molecule has 336 valence electrons. The number of aliphatic hydroxyl groups is 3. The summed E-state index contributed by atoms with van der Waals surface area (Å²) in [6, 6.07) is 9.96. The van der Waals surface area contributed by atoms with Crippen LogP contribution in [-0.4, -0.2) is 66.3 Å². The fraction of sp³-hybridized carbons (Fsp3) is 0.527. The Morgan fingerprint density at radius 1 is 0.954 bits per heavy atom. The Kier molecular flexibility index (Phi) is 7.81. The first kappa shape index (κ1) is 41.4. The molecule has 14 unspecified atom stereocenters. The van der Waals surface area contributed by atoms with E-state index in [-0.39, 0.29) is 48.8 Å². The van der Waals surface area contributed by atoms with Gasteiger partial charge < -0.3 is 31.9 Å². The van der Waals surface area contributed by atoms with Crippen molar-refractivity contribution in [2.24, 2.45) is 73.1 Å². The first-order valence-corrected chi connectivity index (χ1v) is 23.8. The van der Waals surface area contributed by atoms with Crippen LogP contribution in [0.2, 0.25) is 0 Å². The first-order chi connectivity index (χ1) is 30.7. The predicted octanol–water partition coefficient (Wildman–Crippen LogP) is 6.59. The van der Waals surface area contributed by atoms with E-state index in [1.54, 1.807) is 6.92 Å². The van der Waals surface area contributed by atoms with Crippen LogP contribution in [-0.2, 0) is 14.4 Å². The Morgan fingerprint density at radius 2 is 1.71 bits per heavy atom. The maximum atomic E-state index is 16.2. The molecule has 4 saturated carbocycles. The summed E-state index contributed by atoms with van der Waals surface area (Å²) >= 11 is 0. The quantitative estimate of drug-likeness (QED) is 0.0636. The van der Waals surface area contributed by atoms with Crippen molar-refractivity contribution in [1.29, 1.82) is 0 Å². The zero-order chi connectivity index (χ0) is 45.9. The van der Waals surface area contributed by atoms with Crippen LogP contribution >= 0.6 is 0 Å². The smallest absolute Gasteiger partial charge is 0.331 e. The van der Waals surface area contributed by atoms with Gasteiger partial charge in [-0.3, -0.25) is 9.59 Å². The summed E-state index contributed by atoms with van der Waals surface area (Å²) in [5.41, 5.74) is 6.61. The summed E-state index contributed by atoms with van der Waals surface area (Å²) in [5.74, 6) is 2.50. The number of carbonyl (C=O) groups is 3. The number of carbonyl (C=O) groups excluding carboxylic acids is 2. The summed E-state index contributed by atoms with van der Waals surface area (Å²) in [7, 11) is 0. The molecule has 0 aliphatic heterocycles. The summed E-state index contributed by atoms with van der Waals surface area (Å²) in [4.78, 5) is 48.8. The monoisotopic (exact) mass is 873 g/mol. The molecule has 0 amide bonds. The zero-order valence-electron chi connectivity index (χ0n) is 37.9. The van der Waals surface area contributed by atoms with Gasteiger partial charge in [-0.2, -0.15) is 0 Å². The van der Waals surface area contributed by atoms with Crippen molar-refractivity contribution >= 4 is 29.6 Å². The predicted molar refractivity (Wildman–Crippen MR) is 245 cm³/mol. The van der Waals surface area contributed by atoms with Gasteiger partial charge in [-0.05, 0) is 102 Å². The van der Waals surface area contributed by atoms with Gasteiger partial charge in [0.05, 0.1) is 5.54 Å². The van der Waals surface area contributed by atoms with Gasteiger partial charge in [0.15, 0.2) is 11.7 Å². The minimum Gasteiger partial charge on any atom is -0.478 e. The van der Waals surface area contributed by atoms with Gasteiger partial charge in [-0.1, -0.05) is 94.0 Å². The van der Waals surface area contributed by atoms with Crippen LogP contribution in [0.25, 0.3) is 6.08 Å². The van der Waals surface area contributed by atoms with Crippen molar-refractivity contribution in [3.05, 3.63) is 111 Å². The topological polar surface area (TPSA) is 197 Å². The third-order valence-electron chi connectivity index (χ3n) is 20.6. The molecule has 2 spiro atoms. The van der Waals surface area contributed by atoms with Crippen LogP contribution in [0.1, 0.15) is 104 Å². The summed E-state index contributed by atoms with van der Waals surface area (Å²) in [6.45, 7) is 9.99. The number of aliphatic imine (C=N–C) groups is 1. The van der Waals surface area contributed by atoms with E-state index in [4.69, 9.17) is 16.5 Å². The second kappa shape index (κ2) is 12.3. The number of Topliss-reactive ketones (excluding diaryl/α,β-unsaturated/α-hetero) is 2. The summed E-state index contributed by atoms with van der Waals surface area (Å²) < 4.78 is 0. The van der Waals surface area contributed by atoms with Gasteiger partial charge in [0.2, 0.25) is 0 Å². The van der Waals surface area contributed by atoms with Crippen molar-refractivity contribution in [2.45, 2.75) is 121 Å². The molecule has 0 heterocycles. The number of benzene rings is 1. The number of guanidine groups is 1. The molecule has 6 bridgehead atoms. The zero-order valence-corrected chi connectivity index (χ0v) is 37.9. The second-order valence-corrected chi connectivity index (χ2v) is 22.6. The SMILES string of the molecule is CC(C(=O)O)=C1CCC2(N=C(N)N)C=CC34C(C)C2C1(O)C1=CCC2=C1C3C1(O)C(=CC3(O)C5=C6C(=O)CC4(C)C51CCC#CCC1(C)C(=O)CCC6(C)C1C3C=Cc1ccccc1)C2. The second-order valence-electron chi connectivity index (χ2n) is 22.6. The highest BCUT2D eigenvalue weighted by molar-refractivity contribution is 6.03. The number of aliphatic carboxylic acids is 1. The maximum absolute atomic E-state index is 16.2. The number of nitrogens with zero attached hydrogens (tertiary/aromatic N) is 1. The normalized spacial score (nSPS) is 48.5. The molecule has 11 aliphatic carbocycles. The van der Waals surface area contributed by atoms with E-state index in [2.05, 4.69) is 44.8 Å². The lowest BCUT2D eigenvalue weighted by atomic mass is 9.33. The molecule has 10 heteroatoms. The van der Waals surface area contributed by atoms with Crippen LogP contribution in [0.5, 0.6) is 0 Å². The van der Waals surface area contributed by atoms with E-state index in [0.717, 1.165) is 16.7 Å². The fourth-order valence-corrected chi connectivity index (χ4v) is 18.7. The summed E-state index contributed by atoms with van der Waals surface area (Å²) in [5, 5.41) is 54.3. The summed E-state index contributed by atoms with van der Waals surface area (Å²) in [6.07, 6.45) is 15.4. The number of nitrogens with two attached hydrogens (primary N) is 2. The number of ketones is 2. The molecule has 65 heavy (non-hydrogen) atoms. The molecule has 10 nitrogen and oxygen atoms in total. The largest absolute Gasteiger partial charge is 0.478 e. The van der Waals surface area contributed by atoms with Gasteiger partial charge in [-0.15, -0.1) is 11.8 Å². The molecular formula is C55H59N3O7. The molecule has 8 N–H and O–H groups in total. The minimum atomic E-state index is -1.84. The van der Waals surface area contributed by atoms with E-state index in [9.17, 15) is 24.9 Å². The highest BCUT2D eigenvalue weighted by atomic mass is 16.4. The standard InChI is InChI=1S/C55H59N3O7/c1-29(45(61)62)34-18-23-50(58-46(56)57)24-25-51-30(2)41(50)54(34,64)35-17-15-32-26-33-27-52(63)36(16-14-31-12-8-6-9-13-31)42-47(3)20-10-7-11-21-53(55(33,65)43(51)39(32)35)44(52)40(37(59)28-49(51,53)5)48(42,4)22-19-38(47)60/h6,8-9,12-14,16-17,24-25,27,30,36,41-43,63-65H,11,15,18-23,26,28H2,1-5H3,(H,61,62)(H4,56,57,58). The third kappa shape index (κ3) is 4.17. The number of hydrogen-bond acceptors (Lipinski definition) is 7. The van der Waals surface area contributed by atoms with E-state index < -0.39 is 85.0 Å². The lowest BCUT2D eigenvalue weighted by Gasteiger charge is -2.70. The van der Waals surface area contributed by atoms with Gasteiger partial charge in [0, 0.05) is 76.2 Å². The Balaban J connectivity index is 1.25. The van der Waals surface area contributed by atoms with Crippen molar-refractivity contribution in [1.82, 2.24) is 0 Å². The fourth-order valence-electron chi connectivity index (χ4n) is 18.7. The minimum absolute atomic E-state index is 0.0482. The number of allylic oxidation sites excluding steroid dienone is 4. The van der Waals surface area contributed by atoms with Crippen molar-refractivity contribution in [3.63, 3.8) is 0 Å². The first-order valence-electron chi connectivity index (χ1n) is 23.8. The lowest BCUT2D eigenvalue weighted by Crippen LogP contribution is -2.72. The number of carboxylic acid groups (broad SMARTS) is 1. The van der Waals surface area contributed by atoms with Crippen molar-refractivity contribution in [2.75, 3.05) is 0 Å². The van der Waals surface area contributed by atoms with Crippen LogP contribution in [0.3, 0.4) is 0 Å². The van der Waals surface area contributed by atoms with Crippen LogP contribution in [0.4, 0.5) is 0 Å². The lowest BCUT2D eigenvalue weighted by molar-refractivity contribution is -0.173. The molecule has 1 aromatic carbocycles. The highest BCUT2D eigenvalue weighted by Gasteiger charge is 2.90. The number of carboxylic acids is 1. The van der Waals surface area contributed by atoms with Gasteiger partial charge in [0.1, 0.15) is 22.6 Å². The molecule has 11 aliphatic rings. The molecule has 12 rings (SSSR count). The van der Waals surface area contributed by atoms with E-state index >= 15 is 9.90 Å². The van der Waals surface area contributed by atoms with Crippen molar-refractivity contribution in [3.8, 4) is 11.8 Å². The molecule has 0 radical (unpaired) electrons. The van der Waals surface area contributed by atoms with E-state index in [1.807, 2.05) is 61.6 Å². The molecule has 14 atom stereocenters. The van der Waals surface area contributed by atoms with Crippen LogP contribution in [0, 0.1) is 68.5 Å². The van der Waals surface area contributed by atoms with Gasteiger partial charge >= 0.3 is 5.97 Å². The number of rotatable bonds is 4. The average Bonchev–Trinajstić information content (AvgIpc) is 3.70. The van der Waals surface area contributed by atoms with E-state index in [0.29, 0.717) is 66.4 Å². The highest BCUT2D eigenvalue weighted by Crippen LogP contribution is 2.89. The molecule has 0 saturated heterocycles. The Morgan fingerprint density at radius 3 is 2.43 bits per heavy atom. The molecule has 4 fully saturated rings. The Bertz CT molecular complexity index is 2850. The molecule has 0 aromatic heterocycles. The number of hydrogen-bond donors (Lipinski definition) is 6. The van der Waals surface area contributed by atoms with Gasteiger partial charge in [-0.25, -0.2) is 9.79 Å². The Hall–Kier alpha value is -5.08. The Labute approximate surface area is 380 Å². The third-order valence-corrected chi connectivity index (χ3v) is 20.6. The van der Waals surface area contributed by atoms with Crippen molar-refractivity contribution < 1.29 is 34.8 Å². The van der Waals surface area contributed by atoms with Crippen LogP contribution < -0.4 is 11.5 Å². The number of fused-ring (bicyclic) bond motifs is 2. The van der Waals surface area contributed by atoms with Gasteiger partial charge in [0.25, 0.3) is 0 Å². The maximum Gasteiger partial charge on any atom is 0.331 e. The molecule has 1 aromatic rings. The van der Waals surface area contributed by atoms with Crippen LogP contribution in [0.15, 0.2) is 110 Å². The van der Waals surface area contributed by atoms with E-state index in [1.165, 1.54) is 0 Å².